The summed E-state index contributed by atoms with van der Waals surface area (Å²) in [5, 5.41) is 0.650. The zero-order valence-corrected chi connectivity index (χ0v) is 23.5. The van der Waals surface area contributed by atoms with Gasteiger partial charge in [0.15, 0.2) is 0 Å². The first-order chi connectivity index (χ1) is 17.3. The van der Waals surface area contributed by atoms with Crippen LogP contribution in [0.3, 0.4) is 0 Å². The highest BCUT2D eigenvalue weighted by Gasteiger charge is 2.30. The maximum Gasteiger partial charge on any atom is 0.263 e. The maximum absolute atomic E-state index is 13.0. The van der Waals surface area contributed by atoms with Crippen molar-refractivity contribution in [2.75, 3.05) is 24.6 Å². The van der Waals surface area contributed by atoms with E-state index >= 15 is 0 Å². The molecule has 2 aliphatic rings. The molecular formula is C29H39ClN2O3S. The fourth-order valence-electron chi connectivity index (χ4n) is 4.93. The fourth-order valence-corrected chi connectivity index (χ4v) is 6.11. The van der Waals surface area contributed by atoms with Gasteiger partial charge in [-0.2, -0.15) is 0 Å². The average molecular weight is 531 g/mol. The summed E-state index contributed by atoms with van der Waals surface area (Å²) in [6.07, 6.45) is 5.81. The van der Waals surface area contributed by atoms with Gasteiger partial charge in [-0.25, -0.2) is 4.21 Å². The zero-order chi connectivity index (χ0) is 25.8. The van der Waals surface area contributed by atoms with Crippen LogP contribution < -0.4 is 14.4 Å². The van der Waals surface area contributed by atoms with E-state index in [2.05, 4.69) is 28.7 Å². The van der Waals surface area contributed by atoms with Gasteiger partial charge in [-0.15, -0.1) is 0 Å². The van der Waals surface area contributed by atoms with E-state index in [4.69, 9.17) is 16.3 Å². The standard InChI is InChI=1S/C29H39ClN2O3S/c1-5-7-22-14-25(30)11-12-26(22)24-17-32(16-21-8-6-9-21)27-15-23(10-13-28(27)35-18-24)29(33)31-36(34)20(4)19(2)3/h10-15,19-21,24H,5-9,16-18H2,1-4H3,(H,31,33). The quantitative estimate of drug-likeness (QED) is 0.401. The molecule has 1 saturated carbocycles. The topological polar surface area (TPSA) is 58.6 Å². The second kappa shape index (κ2) is 12.0. The van der Waals surface area contributed by atoms with Gasteiger partial charge in [0.2, 0.25) is 0 Å². The first-order valence-corrected chi connectivity index (χ1v) is 14.9. The SMILES string of the molecule is CCCc1cc(Cl)ccc1C1COc2ccc(C(=O)NS(=O)C(C)C(C)C)cc2N(CC2CCC2)C1. The molecule has 0 saturated heterocycles. The molecule has 1 amide bonds. The first kappa shape index (κ1) is 27.0. The summed E-state index contributed by atoms with van der Waals surface area (Å²) in [5.74, 6) is 1.57. The number of nitrogens with one attached hydrogen (secondary N) is 1. The summed E-state index contributed by atoms with van der Waals surface area (Å²) in [7, 11) is -1.43. The fraction of sp³-hybridized carbons (Fsp3) is 0.552. The number of carbonyl (C=O) groups excluding carboxylic acids is 1. The van der Waals surface area contributed by atoms with Crippen molar-refractivity contribution < 1.29 is 13.7 Å². The van der Waals surface area contributed by atoms with Crippen molar-refractivity contribution >= 4 is 34.2 Å². The van der Waals surface area contributed by atoms with Crippen LogP contribution >= 0.6 is 11.6 Å². The number of hydrogen-bond donors (Lipinski definition) is 1. The normalized spacial score (nSPS) is 19.6. The van der Waals surface area contributed by atoms with E-state index in [-0.39, 0.29) is 23.0 Å². The van der Waals surface area contributed by atoms with Crippen molar-refractivity contribution in [1.29, 1.82) is 0 Å². The lowest BCUT2D eigenvalue weighted by atomic mass is 9.84. The molecule has 4 rings (SSSR count). The Morgan fingerprint density at radius 3 is 2.64 bits per heavy atom. The Balaban J connectivity index is 1.62. The van der Waals surface area contributed by atoms with Crippen LogP contribution in [0.5, 0.6) is 5.75 Å². The molecule has 0 radical (unpaired) electrons. The molecule has 5 nitrogen and oxygen atoms in total. The van der Waals surface area contributed by atoms with Gasteiger partial charge in [0.25, 0.3) is 5.91 Å². The molecular weight excluding hydrogens is 492 g/mol. The van der Waals surface area contributed by atoms with Gasteiger partial charge in [0, 0.05) is 29.6 Å². The molecule has 36 heavy (non-hydrogen) atoms. The van der Waals surface area contributed by atoms with Crippen LogP contribution in [0, 0.1) is 11.8 Å². The van der Waals surface area contributed by atoms with Gasteiger partial charge >= 0.3 is 0 Å². The number of carbonyl (C=O) groups is 1. The van der Waals surface area contributed by atoms with E-state index in [1.165, 1.54) is 30.4 Å². The molecule has 0 spiro atoms. The monoisotopic (exact) mass is 530 g/mol. The molecule has 7 heteroatoms. The second-order valence-electron chi connectivity index (χ2n) is 10.7. The summed E-state index contributed by atoms with van der Waals surface area (Å²) in [6.45, 7) is 10.5. The Bertz CT molecular complexity index is 1100. The molecule has 1 heterocycles. The van der Waals surface area contributed by atoms with E-state index in [1.807, 2.05) is 39.0 Å². The number of rotatable bonds is 9. The average Bonchev–Trinajstić information content (AvgIpc) is 3.00. The second-order valence-corrected chi connectivity index (χ2v) is 12.6. The summed E-state index contributed by atoms with van der Waals surface area (Å²) in [6, 6.07) is 11.8. The van der Waals surface area contributed by atoms with Crippen molar-refractivity contribution in [2.24, 2.45) is 11.8 Å². The number of aryl methyl sites for hydroxylation is 1. The summed E-state index contributed by atoms with van der Waals surface area (Å²) in [5.41, 5.74) is 4.04. The summed E-state index contributed by atoms with van der Waals surface area (Å²) >= 11 is 6.34. The van der Waals surface area contributed by atoms with Crippen LogP contribution in [-0.2, 0) is 17.4 Å². The zero-order valence-electron chi connectivity index (χ0n) is 21.9. The maximum atomic E-state index is 13.0. The van der Waals surface area contributed by atoms with Gasteiger partial charge in [-0.05, 0) is 79.5 Å². The molecule has 3 atom stereocenters. The summed E-state index contributed by atoms with van der Waals surface area (Å²) in [4.78, 5) is 15.4. The van der Waals surface area contributed by atoms with Crippen molar-refractivity contribution in [3.63, 3.8) is 0 Å². The van der Waals surface area contributed by atoms with Gasteiger partial charge in [0.1, 0.15) is 16.7 Å². The number of ether oxygens (including phenoxy) is 1. The number of halogens is 1. The lowest BCUT2D eigenvalue weighted by Crippen LogP contribution is -2.36. The Labute approximate surface area is 223 Å². The van der Waals surface area contributed by atoms with Gasteiger partial charge in [0.05, 0.1) is 17.5 Å². The number of hydrogen-bond acceptors (Lipinski definition) is 4. The third kappa shape index (κ3) is 6.25. The number of benzene rings is 2. The molecule has 196 valence electrons. The lowest BCUT2D eigenvalue weighted by molar-refractivity contribution is 0.0982. The highest BCUT2D eigenvalue weighted by atomic mass is 35.5. The Kier molecular flexibility index (Phi) is 9.00. The van der Waals surface area contributed by atoms with Gasteiger partial charge < -0.3 is 9.64 Å². The van der Waals surface area contributed by atoms with Gasteiger partial charge in [-0.3, -0.25) is 9.52 Å². The Hall–Kier alpha value is -2.05. The number of amides is 1. The highest BCUT2D eigenvalue weighted by Crippen LogP contribution is 2.39. The van der Waals surface area contributed by atoms with E-state index in [0.717, 1.165) is 42.4 Å². The predicted octanol–water partition coefficient (Wildman–Crippen LogP) is 6.51. The third-order valence-corrected chi connectivity index (χ3v) is 9.52. The molecule has 0 bridgehead atoms. The molecule has 2 aromatic rings. The van der Waals surface area contributed by atoms with Crippen LogP contribution in [0.2, 0.25) is 5.02 Å². The first-order valence-electron chi connectivity index (χ1n) is 13.3. The molecule has 1 aliphatic heterocycles. The minimum atomic E-state index is -1.43. The third-order valence-electron chi connectivity index (χ3n) is 7.68. The van der Waals surface area contributed by atoms with Crippen LogP contribution in [0.25, 0.3) is 0 Å². The number of fused-ring (bicyclic) bond motifs is 1. The Morgan fingerprint density at radius 1 is 1.19 bits per heavy atom. The molecule has 1 fully saturated rings. The van der Waals surface area contributed by atoms with Gasteiger partial charge in [-0.1, -0.05) is 51.3 Å². The number of anilines is 1. The van der Waals surface area contributed by atoms with E-state index in [0.29, 0.717) is 18.1 Å². The molecule has 2 aromatic carbocycles. The highest BCUT2D eigenvalue weighted by molar-refractivity contribution is 7.84. The minimum absolute atomic E-state index is 0.120. The molecule has 0 aromatic heterocycles. The van der Waals surface area contributed by atoms with Crippen molar-refractivity contribution in [2.45, 2.75) is 71.0 Å². The van der Waals surface area contributed by atoms with Crippen molar-refractivity contribution in [3.05, 3.63) is 58.1 Å². The molecule has 1 aliphatic carbocycles. The van der Waals surface area contributed by atoms with Crippen LogP contribution in [-0.4, -0.2) is 35.1 Å². The van der Waals surface area contributed by atoms with E-state index in [9.17, 15) is 9.00 Å². The van der Waals surface area contributed by atoms with E-state index in [1.54, 1.807) is 6.07 Å². The van der Waals surface area contributed by atoms with Crippen LogP contribution in [0.1, 0.15) is 80.8 Å². The molecule has 3 unspecified atom stereocenters. The van der Waals surface area contributed by atoms with Crippen LogP contribution in [0.15, 0.2) is 36.4 Å². The smallest absolute Gasteiger partial charge is 0.263 e. The largest absolute Gasteiger partial charge is 0.491 e. The minimum Gasteiger partial charge on any atom is -0.491 e. The number of nitrogens with zero attached hydrogens (tertiary/aromatic N) is 1. The Morgan fingerprint density at radius 2 is 1.97 bits per heavy atom. The summed E-state index contributed by atoms with van der Waals surface area (Å²) < 4.78 is 21.7. The van der Waals surface area contributed by atoms with E-state index < -0.39 is 11.0 Å². The van der Waals surface area contributed by atoms with Crippen molar-refractivity contribution in [3.8, 4) is 5.75 Å². The van der Waals surface area contributed by atoms with Crippen molar-refractivity contribution in [1.82, 2.24) is 4.72 Å². The predicted molar refractivity (Wildman–Crippen MR) is 150 cm³/mol. The lowest BCUT2D eigenvalue weighted by Gasteiger charge is -2.35. The van der Waals surface area contributed by atoms with Crippen LogP contribution in [0.4, 0.5) is 5.69 Å². The molecule has 1 N–H and O–H groups in total.